The van der Waals surface area contributed by atoms with Crippen molar-refractivity contribution in [1.29, 1.82) is 0 Å². The van der Waals surface area contributed by atoms with Crippen LogP contribution in [0, 0.1) is 26.6 Å². The molecule has 0 saturated carbocycles. The lowest BCUT2D eigenvalue weighted by atomic mass is 10.1. The van der Waals surface area contributed by atoms with E-state index < -0.39 is 0 Å². The molecule has 1 heterocycles. The molecule has 1 aliphatic heterocycles. The summed E-state index contributed by atoms with van der Waals surface area (Å²) in [4.78, 5) is 29.8. The number of hydrogen-bond acceptors (Lipinski definition) is 3. The Balaban J connectivity index is 1.48. The maximum Gasteiger partial charge on any atom is 0.279 e. The molecule has 2 aromatic rings. The largest absolute Gasteiger partial charge is 0.366 e. The Kier molecular flexibility index (Phi) is 7.28. The van der Waals surface area contributed by atoms with Crippen LogP contribution < -0.4 is 15.1 Å². The molecule has 6 nitrogen and oxygen atoms in total. The first-order valence-corrected chi connectivity index (χ1v) is 10.7. The molecule has 0 spiro atoms. The summed E-state index contributed by atoms with van der Waals surface area (Å²) in [5.74, 6) is -0.331. The number of carbonyl (C=O) groups is 2. The molecule has 2 amide bonds. The van der Waals surface area contributed by atoms with Gasteiger partial charge >= 0.3 is 0 Å². The van der Waals surface area contributed by atoms with Crippen LogP contribution in [0.5, 0.6) is 0 Å². The van der Waals surface area contributed by atoms with Gasteiger partial charge in [-0.05, 0) is 44.0 Å². The zero-order chi connectivity index (χ0) is 22.5. The smallest absolute Gasteiger partial charge is 0.279 e. The highest BCUT2D eigenvalue weighted by atomic mass is 19.1. The van der Waals surface area contributed by atoms with Crippen LogP contribution in [-0.4, -0.2) is 63.0 Å². The van der Waals surface area contributed by atoms with Crippen LogP contribution >= 0.6 is 0 Å². The predicted molar refractivity (Wildman–Crippen MR) is 121 cm³/mol. The molecule has 0 bridgehead atoms. The van der Waals surface area contributed by atoms with E-state index in [-0.39, 0.29) is 30.7 Å². The van der Waals surface area contributed by atoms with Gasteiger partial charge in [0.25, 0.3) is 11.8 Å². The van der Waals surface area contributed by atoms with Crippen molar-refractivity contribution >= 4 is 23.2 Å². The van der Waals surface area contributed by atoms with E-state index in [1.54, 1.807) is 17.0 Å². The molecule has 2 N–H and O–H groups in total. The molecular weight excluding hydrogens is 395 g/mol. The highest BCUT2D eigenvalue weighted by Crippen LogP contribution is 2.22. The molecule has 2 aromatic carbocycles. The second kappa shape index (κ2) is 9.92. The van der Waals surface area contributed by atoms with E-state index in [1.165, 1.54) is 6.07 Å². The van der Waals surface area contributed by atoms with Crippen LogP contribution in [0.1, 0.15) is 16.7 Å². The number of likely N-dealkylation sites (N-methyl/N-ethyl adjacent to an activating group) is 1. The summed E-state index contributed by atoms with van der Waals surface area (Å²) >= 11 is 0. The van der Waals surface area contributed by atoms with Gasteiger partial charge < -0.3 is 20.0 Å². The summed E-state index contributed by atoms with van der Waals surface area (Å²) in [5.41, 5.74) is 4.66. The maximum absolute atomic E-state index is 14.0. The number of quaternary nitrogens is 1. The molecule has 3 rings (SSSR count). The number of anilines is 2. The molecular formula is C24H32FN4O2+. The van der Waals surface area contributed by atoms with Crippen LogP contribution in [0.25, 0.3) is 0 Å². The first-order chi connectivity index (χ1) is 14.7. The predicted octanol–water partition coefficient (Wildman–Crippen LogP) is 1.55. The fourth-order valence-electron chi connectivity index (χ4n) is 4.17. The third-order valence-corrected chi connectivity index (χ3v) is 5.68. The van der Waals surface area contributed by atoms with Crippen molar-refractivity contribution in [3.63, 3.8) is 0 Å². The lowest BCUT2D eigenvalue weighted by molar-refractivity contribution is -0.862. The summed E-state index contributed by atoms with van der Waals surface area (Å²) < 4.78 is 14.0. The molecule has 1 saturated heterocycles. The Morgan fingerprint density at radius 2 is 1.61 bits per heavy atom. The van der Waals surface area contributed by atoms with Gasteiger partial charge in [0.2, 0.25) is 0 Å². The lowest BCUT2D eigenvalue weighted by Gasteiger charge is -2.36. The first kappa shape index (κ1) is 22.7. The van der Waals surface area contributed by atoms with Crippen LogP contribution in [0.4, 0.5) is 15.8 Å². The molecule has 0 radical (unpaired) electrons. The van der Waals surface area contributed by atoms with Crippen LogP contribution in [0.3, 0.4) is 0 Å². The second-order valence-electron chi connectivity index (χ2n) is 8.45. The van der Waals surface area contributed by atoms with E-state index in [2.05, 4.69) is 5.32 Å². The molecule has 31 heavy (non-hydrogen) atoms. The SMILES string of the molecule is Cc1cc(C)c(NC(=O)C[NH+](C)CC(=O)N2CCN(c3ccccc3F)CC2)c(C)c1. The lowest BCUT2D eigenvalue weighted by Crippen LogP contribution is -3.11. The minimum atomic E-state index is -0.239. The molecule has 166 valence electrons. The fourth-order valence-corrected chi connectivity index (χ4v) is 4.17. The van der Waals surface area contributed by atoms with Crippen molar-refractivity contribution < 1.29 is 18.9 Å². The third-order valence-electron chi connectivity index (χ3n) is 5.68. The summed E-state index contributed by atoms with van der Waals surface area (Å²) in [6, 6.07) is 10.8. The van der Waals surface area contributed by atoms with Gasteiger partial charge in [-0.2, -0.15) is 0 Å². The number of benzene rings is 2. The number of aryl methyl sites for hydroxylation is 3. The third kappa shape index (κ3) is 5.82. The molecule has 1 unspecified atom stereocenters. The van der Waals surface area contributed by atoms with E-state index >= 15 is 0 Å². The summed E-state index contributed by atoms with van der Waals surface area (Å²) in [5, 5.41) is 2.99. The Morgan fingerprint density at radius 3 is 2.23 bits per heavy atom. The Morgan fingerprint density at radius 1 is 1.00 bits per heavy atom. The van der Waals surface area contributed by atoms with Crippen molar-refractivity contribution in [3.05, 3.63) is 58.9 Å². The maximum atomic E-state index is 14.0. The quantitative estimate of drug-likeness (QED) is 0.736. The Labute approximate surface area is 183 Å². The van der Waals surface area contributed by atoms with Gasteiger partial charge in [0.1, 0.15) is 5.82 Å². The van der Waals surface area contributed by atoms with Gasteiger partial charge in [0.15, 0.2) is 13.1 Å². The number of rotatable bonds is 6. The average molecular weight is 428 g/mol. The van der Waals surface area contributed by atoms with E-state index in [1.807, 2.05) is 50.9 Å². The zero-order valence-corrected chi connectivity index (χ0v) is 18.8. The topological polar surface area (TPSA) is 57.1 Å². The van der Waals surface area contributed by atoms with E-state index in [0.717, 1.165) is 27.3 Å². The van der Waals surface area contributed by atoms with Gasteiger partial charge in [0.05, 0.1) is 12.7 Å². The number of amides is 2. The average Bonchev–Trinajstić information content (AvgIpc) is 2.71. The molecule has 7 heteroatoms. The zero-order valence-electron chi connectivity index (χ0n) is 18.8. The van der Waals surface area contributed by atoms with Gasteiger partial charge in [-0.3, -0.25) is 9.59 Å². The van der Waals surface area contributed by atoms with Crippen LogP contribution in [0.15, 0.2) is 36.4 Å². The number of nitrogens with one attached hydrogen (secondary N) is 2. The Hall–Kier alpha value is -2.93. The monoisotopic (exact) mass is 427 g/mol. The van der Waals surface area contributed by atoms with E-state index in [0.29, 0.717) is 31.9 Å². The van der Waals surface area contributed by atoms with Gasteiger partial charge in [-0.25, -0.2) is 4.39 Å². The number of nitrogens with zero attached hydrogens (tertiary/aromatic N) is 2. The summed E-state index contributed by atoms with van der Waals surface area (Å²) in [7, 11) is 1.85. The standard InChI is InChI=1S/C24H31FN4O2/c1-17-13-18(2)24(19(3)14-17)26-22(30)15-27(4)16-23(31)29-11-9-28(10-12-29)21-8-6-5-7-20(21)25/h5-8,13-14H,9-12,15-16H2,1-4H3,(H,26,30)/p+1. The molecule has 0 aromatic heterocycles. The van der Waals surface area contributed by atoms with Gasteiger partial charge in [-0.1, -0.05) is 29.8 Å². The van der Waals surface area contributed by atoms with Crippen molar-refractivity contribution in [2.24, 2.45) is 0 Å². The number of para-hydroxylation sites is 1. The molecule has 0 aliphatic carbocycles. The van der Waals surface area contributed by atoms with Gasteiger partial charge in [-0.15, -0.1) is 0 Å². The number of piperazine rings is 1. The normalized spacial score (nSPS) is 15.0. The van der Waals surface area contributed by atoms with Crippen molar-refractivity contribution in [2.45, 2.75) is 20.8 Å². The van der Waals surface area contributed by atoms with E-state index in [9.17, 15) is 14.0 Å². The summed E-state index contributed by atoms with van der Waals surface area (Å²) in [6.07, 6.45) is 0. The highest BCUT2D eigenvalue weighted by molar-refractivity contribution is 5.93. The molecule has 1 fully saturated rings. The minimum Gasteiger partial charge on any atom is -0.366 e. The minimum absolute atomic E-state index is 0.0150. The first-order valence-electron chi connectivity index (χ1n) is 10.7. The van der Waals surface area contributed by atoms with Gasteiger partial charge in [0, 0.05) is 31.9 Å². The highest BCUT2D eigenvalue weighted by Gasteiger charge is 2.25. The number of hydrogen-bond donors (Lipinski definition) is 2. The van der Waals surface area contributed by atoms with E-state index in [4.69, 9.17) is 0 Å². The Bertz CT molecular complexity index is 931. The fraction of sp³-hybridized carbons (Fsp3) is 0.417. The van der Waals surface area contributed by atoms with Crippen molar-refractivity contribution in [3.8, 4) is 0 Å². The number of carbonyl (C=O) groups excluding carboxylic acids is 2. The van der Waals surface area contributed by atoms with Crippen molar-refractivity contribution in [1.82, 2.24) is 4.90 Å². The second-order valence-corrected chi connectivity index (χ2v) is 8.45. The van der Waals surface area contributed by atoms with Crippen LogP contribution in [0.2, 0.25) is 0 Å². The van der Waals surface area contributed by atoms with Crippen molar-refractivity contribution in [2.75, 3.05) is 56.5 Å². The van der Waals surface area contributed by atoms with Crippen LogP contribution in [-0.2, 0) is 9.59 Å². The molecule has 1 atom stereocenters. The summed E-state index contributed by atoms with van der Waals surface area (Å²) in [6.45, 7) is 8.75. The molecule has 1 aliphatic rings. The number of halogens is 1.